The average Bonchev–Trinajstić information content (AvgIpc) is 2.25. The second-order valence-electron chi connectivity index (χ2n) is 4.02. The third-order valence-electron chi connectivity index (χ3n) is 2.36. The second-order valence-corrected chi connectivity index (χ2v) is 5.25. The van der Waals surface area contributed by atoms with Gasteiger partial charge in [-0.15, -0.1) is 0 Å². The molecule has 17 heavy (non-hydrogen) atoms. The van der Waals surface area contributed by atoms with E-state index in [1.807, 2.05) is 11.8 Å². The molecule has 0 aliphatic heterocycles. The predicted molar refractivity (Wildman–Crippen MR) is 69.5 cm³/mol. The summed E-state index contributed by atoms with van der Waals surface area (Å²) in [6, 6.07) is 0. The Hall–Kier alpha value is -0.710. The summed E-state index contributed by atoms with van der Waals surface area (Å²) in [5.41, 5.74) is 0. The summed E-state index contributed by atoms with van der Waals surface area (Å²) < 4.78 is 0. The van der Waals surface area contributed by atoms with Crippen molar-refractivity contribution in [3.63, 3.8) is 0 Å². The van der Waals surface area contributed by atoms with Crippen LogP contribution in [0.3, 0.4) is 0 Å². The fourth-order valence-corrected chi connectivity index (χ4v) is 2.44. The average molecular weight is 262 g/mol. The lowest BCUT2D eigenvalue weighted by Crippen LogP contribution is -1.95. The molecule has 5 heteroatoms. The molecule has 0 atom stereocenters. The molecule has 0 aliphatic carbocycles. The van der Waals surface area contributed by atoms with Crippen LogP contribution in [0, 0.1) is 0 Å². The van der Waals surface area contributed by atoms with Gasteiger partial charge in [0.1, 0.15) is 0 Å². The van der Waals surface area contributed by atoms with Crippen molar-refractivity contribution in [1.29, 1.82) is 0 Å². The summed E-state index contributed by atoms with van der Waals surface area (Å²) in [5, 5.41) is 16.9. The van der Waals surface area contributed by atoms with Gasteiger partial charge in [0.15, 0.2) is 0 Å². The SMILES string of the molecule is O=C(O)CCCCCSCCCCCC(=O)O. The van der Waals surface area contributed by atoms with Crippen LogP contribution >= 0.6 is 11.8 Å². The van der Waals surface area contributed by atoms with E-state index >= 15 is 0 Å². The molecular formula is C12H22O4S. The van der Waals surface area contributed by atoms with Gasteiger partial charge in [-0.3, -0.25) is 9.59 Å². The molecule has 0 aromatic heterocycles. The number of thioether (sulfide) groups is 1. The molecule has 0 bridgehead atoms. The normalized spacial score (nSPS) is 10.4. The molecule has 0 heterocycles. The Morgan fingerprint density at radius 2 is 1.12 bits per heavy atom. The van der Waals surface area contributed by atoms with E-state index in [1.54, 1.807) is 0 Å². The van der Waals surface area contributed by atoms with Crippen LogP contribution in [0.15, 0.2) is 0 Å². The van der Waals surface area contributed by atoms with E-state index in [1.165, 1.54) is 0 Å². The molecule has 0 spiro atoms. The highest BCUT2D eigenvalue weighted by molar-refractivity contribution is 7.99. The van der Waals surface area contributed by atoms with Crippen LogP contribution in [0.2, 0.25) is 0 Å². The van der Waals surface area contributed by atoms with Gasteiger partial charge in [0, 0.05) is 12.8 Å². The van der Waals surface area contributed by atoms with Crippen molar-refractivity contribution in [2.45, 2.75) is 51.4 Å². The number of hydrogen-bond acceptors (Lipinski definition) is 3. The van der Waals surface area contributed by atoms with Gasteiger partial charge in [-0.2, -0.15) is 11.8 Å². The van der Waals surface area contributed by atoms with Crippen molar-refractivity contribution in [3.05, 3.63) is 0 Å². The van der Waals surface area contributed by atoms with E-state index in [2.05, 4.69) is 0 Å². The first kappa shape index (κ1) is 16.3. The molecule has 0 unspecified atom stereocenters. The number of carboxylic acids is 2. The first-order valence-electron chi connectivity index (χ1n) is 6.14. The first-order chi connectivity index (χ1) is 8.13. The third kappa shape index (κ3) is 15.3. The van der Waals surface area contributed by atoms with E-state index in [0.717, 1.165) is 50.0 Å². The van der Waals surface area contributed by atoms with Crippen LogP contribution in [0.4, 0.5) is 0 Å². The van der Waals surface area contributed by atoms with Crippen LogP contribution in [0.1, 0.15) is 51.4 Å². The summed E-state index contributed by atoms with van der Waals surface area (Å²) >= 11 is 1.88. The van der Waals surface area contributed by atoms with E-state index in [4.69, 9.17) is 10.2 Å². The lowest BCUT2D eigenvalue weighted by molar-refractivity contribution is -0.138. The maximum Gasteiger partial charge on any atom is 0.303 e. The van der Waals surface area contributed by atoms with Crippen molar-refractivity contribution in [1.82, 2.24) is 0 Å². The van der Waals surface area contributed by atoms with Crippen molar-refractivity contribution < 1.29 is 19.8 Å². The van der Waals surface area contributed by atoms with Crippen LogP contribution in [0.5, 0.6) is 0 Å². The van der Waals surface area contributed by atoms with E-state index in [0.29, 0.717) is 0 Å². The lowest BCUT2D eigenvalue weighted by atomic mass is 10.2. The van der Waals surface area contributed by atoms with Gasteiger partial charge in [-0.1, -0.05) is 12.8 Å². The smallest absolute Gasteiger partial charge is 0.303 e. The standard InChI is InChI=1S/C12H22O4S/c13-11(14)7-3-1-5-9-17-10-6-2-4-8-12(15)16/h1-10H2,(H,13,14)(H,15,16). The Kier molecular flexibility index (Phi) is 11.3. The minimum absolute atomic E-state index is 0.278. The molecule has 0 saturated carbocycles. The zero-order chi connectivity index (χ0) is 12.9. The van der Waals surface area contributed by atoms with Gasteiger partial charge in [-0.05, 0) is 37.2 Å². The van der Waals surface area contributed by atoms with Gasteiger partial charge >= 0.3 is 11.9 Å². The molecule has 100 valence electrons. The first-order valence-corrected chi connectivity index (χ1v) is 7.29. The third-order valence-corrected chi connectivity index (χ3v) is 3.51. The van der Waals surface area contributed by atoms with Gasteiger partial charge in [0.2, 0.25) is 0 Å². The molecule has 0 fully saturated rings. The number of unbranched alkanes of at least 4 members (excludes halogenated alkanes) is 4. The highest BCUT2D eigenvalue weighted by atomic mass is 32.2. The highest BCUT2D eigenvalue weighted by Gasteiger charge is 1.98. The Morgan fingerprint density at radius 1 is 0.706 bits per heavy atom. The van der Waals surface area contributed by atoms with Gasteiger partial charge in [-0.25, -0.2) is 0 Å². The molecule has 0 aromatic carbocycles. The van der Waals surface area contributed by atoms with Crippen LogP contribution in [-0.4, -0.2) is 33.7 Å². The fourth-order valence-electron chi connectivity index (χ4n) is 1.42. The van der Waals surface area contributed by atoms with Crippen molar-refractivity contribution in [3.8, 4) is 0 Å². The van der Waals surface area contributed by atoms with Crippen LogP contribution < -0.4 is 0 Å². The summed E-state index contributed by atoms with van der Waals surface area (Å²) in [6.07, 6.45) is 6.22. The highest BCUT2D eigenvalue weighted by Crippen LogP contribution is 2.11. The quantitative estimate of drug-likeness (QED) is 0.529. The molecule has 0 saturated heterocycles. The Labute approximate surface area is 107 Å². The molecule has 0 amide bonds. The number of hydrogen-bond donors (Lipinski definition) is 2. The van der Waals surface area contributed by atoms with Gasteiger partial charge in [0.05, 0.1) is 0 Å². The largest absolute Gasteiger partial charge is 0.481 e. The minimum Gasteiger partial charge on any atom is -0.481 e. The summed E-state index contributed by atoms with van der Waals surface area (Å²) in [6.45, 7) is 0. The Balaban J connectivity index is 2.98. The number of rotatable bonds is 12. The molecule has 0 rings (SSSR count). The zero-order valence-corrected chi connectivity index (χ0v) is 11.0. The van der Waals surface area contributed by atoms with Gasteiger partial charge < -0.3 is 10.2 Å². The van der Waals surface area contributed by atoms with Gasteiger partial charge in [0.25, 0.3) is 0 Å². The molecule has 4 nitrogen and oxygen atoms in total. The molecule has 0 aromatic rings. The van der Waals surface area contributed by atoms with E-state index < -0.39 is 11.9 Å². The summed E-state index contributed by atoms with van der Waals surface area (Å²) in [4.78, 5) is 20.5. The minimum atomic E-state index is -0.712. The predicted octanol–water partition coefficient (Wildman–Crippen LogP) is 3.01. The fraction of sp³-hybridized carbons (Fsp3) is 0.833. The molecule has 2 N–H and O–H groups in total. The molecule has 0 radical (unpaired) electrons. The Morgan fingerprint density at radius 3 is 1.47 bits per heavy atom. The van der Waals surface area contributed by atoms with Crippen molar-refractivity contribution in [2.75, 3.05) is 11.5 Å². The van der Waals surface area contributed by atoms with Crippen molar-refractivity contribution in [2.24, 2.45) is 0 Å². The molecule has 0 aliphatic rings. The van der Waals surface area contributed by atoms with Crippen LogP contribution in [0.25, 0.3) is 0 Å². The number of carbonyl (C=O) groups is 2. The monoisotopic (exact) mass is 262 g/mol. The zero-order valence-electron chi connectivity index (χ0n) is 10.2. The maximum atomic E-state index is 10.2. The van der Waals surface area contributed by atoms with Crippen LogP contribution in [-0.2, 0) is 9.59 Å². The van der Waals surface area contributed by atoms with Crippen molar-refractivity contribution >= 4 is 23.7 Å². The second kappa shape index (κ2) is 11.8. The van der Waals surface area contributed by atoms with E-state index in [9.17, 15) is 9.59 Å². The van der Waals surface area contributed by atoms with E-state index in [-0.39, 0.29) is 12.8 Å². The Bertz CT molecular complexity index is 197. The summed E-state index contributed by atoms with van der Waals surface area (Å²) in [5.74, 6) is 0.740. The number of aliphatic carboxylic acids is 2. The molecular weight excluding hydrogens is 240 g/mol. The topological polar surface area (TPSA) is 74.6 Å². The lowest BCUT2D eigenvalue weighted by Gasteiger charge is -2.01. The maximum absolute atomic E-state index is 10.2. The summed E-state index contributed by atoms with van der Waals surface area (Å²) in [7, 11) is 0. The number of carboxylic acid groups (broad SMARTS) is 2.